The molecule has 4 atom stereocenters. The molecule has 1 aromatic heterocycles. The number of hydrogen-bond acceptors (Lipinski definition) is 8. The summed E-state index contributed by atoms with van der Waals surface area (Å²) in [4.78, 5) is 48.1. The first-order valence-electron chi connectivity index (χ1n) is 15.6. The van der Waals surface area contributed by atoms with Crippen LogP contribution in [0.3, 0.4) is 0 Å². The van der Waals surface area contributed by atoms with Crippen molar-refractivity contribution in [1.82, 2.24) is 24.9 Å². The van der Waals surface area contributed by atoms with Crippen molar-refractivity contribution in [3.63, 3.8) is 0 Å². The molecule has 3 fully saturated rings. The van der Waals surface area contributed by atoms with Crippen molar-refractivity contribution >= 4 is 43.3 Å². The minimum Gasteiger partial charge on any atom is -0.351 e. The molecule has 0 radical (unpaired) electrons. The summed E-state index contributed by atoms with van der Waals surface area (Å²) in [6.45, 7) is 6.14. The average molecular weight is 677 g/mol. The normalized spacial score (nSPS) is 25.4. The number of H-pyrrole nitrogens is 1. The summed E-state index contributed by atoms with van der Waals surface area (Å²) in [5.74, 6) is -1.69. The fourth-order valence-electron chi connectivity index (χ4n) is 7.72. The van der Waals surface area contributed by atoms with Gasteiger partial charge in [-0.2, -0.15) is 4.31 Å². The lowest BCUT2D eigenvalue weighted by atomic mass is 9.69. The molecule has 1 aromatic carbocycles. The second-order valence-corrected chi connectivity index (χ2v) is 17.9. The molecule has 3 aliphatic rings. The van der Waals surface area contributed by atoms with Crippen molar-refractivity contribution in [3.05, 3.63) is 48.0 Å². The molecule has 2 aliphatic carbocycles. The van der Waals surface area contributed by atoms with E-state index in [-0.39, 0.29) is 55.8 Å². The molecule has 2 bridgehead atoms. The highest BCUT2D eigenvalue weighted by Gasteiger charge is 2.66. The summed E-state index contributed by atoms with van der Waals surface area (Å²) < 4.78 is 53.3. The maximum Gasteiger partial charge on any atom is 0.242 e. The number of aromatic amines is 1. The van der Waals surface area contributed by atoms with Gasteiger partial charge in [-0.1, -0.05) is 32.0 Å². The van der Waals surface area contributed by atoms with Gasteiger partial charge < -0.3 is 20.5 Å². The number of carbonyl (C=O) groups excluding carboxylic acids is 3. The van der Waals surface area contributed by atoms with Crippen LogP contribution in [0.25, 0.3) is 0 Å². The van der Waals surface area contributed by atoms with Gasteiger partial charge in [-0.3, -0.25) is 14.4 Å². The van der Waals surface area contributed by atoms with Crippen LogP contribution in [0.5, 0.6) is 0 Å². The predicted molar refractivity (Wildman–Crippen MR) is 173 cm³/mol. The molecule has 2 heterocycles. The molecule has 252 valence electrons. The number of nitrogens with zero attached hydrogens (tertiary/aromatic N) is 3. The van der Waals surface area contributed by atoms with Crippen LogP contribution >= 0.6 is 0 Å². The van der Waals surface area contributed by atoms with Crippen LogP contribution in [-0.2, 0) is 40.7 Å². The lowest BCUT2D eigenvalue weighted by Crippen LogP contribution is -2.59. The van der Waals surface area contributed by atoms with Gasteiger partial charge in [-0.25, -0.2) is 21.8 Å². The summed E-state index contributed by atoms with van der Waals surface area (Å²) in [6.07, 6.45) is 5.74. The molecular weight excluding hydrogens is 633 g/mol. The highest BCUT2D eigenvalue weighted by atomic mass is 32.2. The maximum atomic E-state index is 14.1. The van der Waals surface area contributed by atoms with E-state index in [2.05, 4.69) is 20.6 Å². The molecule has 0 spiro atoms. The van der Waals surface area contributed by atoms with E-state index in [1.54, 1.807) is 4.90 Å². The minimum atomic E-state index is -3.92. The van der Waals surface area contributed by atoms with Crippen molar-refractivity contribution in [2.75, 3.05) is 42.3 Å². The Balaban J connectivity index is 1.32. The lowest BCUT2D eigenvalue weighted by molar-refractivity contribution is -0.129. The van der Waals surface area contributed by atoms with Gasteiger partial charge in [0.15, 0.2) is 0 Å². The number of aromatic nitrogens is 2. The van der Waals surface area contributed by atoms with Crippen LogP contribution in [0.4, 0.5) is 5.69 Å². The largest absolute Gasteiger partial charge is 0.351 e. The van der Waals surface area contributed by atoms with E-state index in [0.717, 1.165) is 23.9 Å². The van der Waals surface area contributed by atoms with Crippen molar-refractivity contribution in [2.24, 2.45) is 16.7 Å². The first-order valence-corrected chi connectivity index (χ1v) is 19.3. The Kier molecular flexibility index (Phi) is 9.41. The Morgan fingerprint density at radius 2 is 1.89 bits per heavy atom. The highest BCUT2D eigenvalue weighted by molar-refractivity contribution is 7.90. The van der Waals surface area contributed by atoms with Gasteiger partial charge in [-0.05, 0) is 55.6 Å². The van der Waals surface area contributed by atoms with E-state index >= 15 is 0 Å². The smallest absolute Gasteiger partial charge is 0.242 e. The van der Waals surface area contributed by atoms with Crippen LogP contribution < -0.4 is 15.5 Å². The van der Waals surface area contributed by atoms with Crippen molar-refractivity contribution < 1.29 is 31.2 Å². The van der Waals surface area contributed by atoms with Gasteiger partial charge >= 0.3 is 0 Å². The second kappa shape index (κ2) is 12.7. The third-order valence-electron chi connectivity index (χ3n) is 10.5. The predicted octanol–water partition coefficient (Wildman–Crippen LogP) is 1.17. The zero-order chi connectivity index (χ0) is 33.5. The number of nitrogens with one attached hydrogen (secondary N) is 3. The van der Waals surface area contributed by atoms with Crippen LogP contribution in [-0.4, -0.2) is 98.3 Å². The quantitative estimate of drug-likeness (QED) is 0.300. The minimum absolute atomic E-state index is 0.0702. The summed E-state index contributed by atoms with van der Waals surface area (Å²) in [5, 5.41) is 5.72. The topological polar surface area (TPSA) is 179 Å². The van der Waals surface area contributed by atoms with Crippen molar-refractivity contribution in [2.45, 2.75) is 65.0 Å². The average Bonchev–Trinajstić information content (AvgIpc) is 3.61. The molecule has 1 saturated heterocycles. The molecule has 1 aliphatic heterocycles. The first-order chi connectivity index (χ1) is 21.5. The third-order valence-corrected chi connectivity index (χ3v) is 13.5. The van der Waals surface area contributed by atoms with E-state index in [1.807, 2.05) is 45.0 Å². The van der Waals surface area contributed by atoms with E-state index in [9.17, 15) is 31.2 Å². The maximum absolute atomic E-state index is 14.1. The van der Waals surface area contributed by atoms with Crippen molar-refractivity contribution in [3.8, 4) is 0 Å². The Bertz CT molecular complexity index is 1690. The molecule has 2 aromatic rings. The number of para-hydroxylation sites is 1. The second-order valence-electron chi connectivity index (χ2n) is 13.6. The Morgan fingerprint density at radius 3 is 2.52 bits per heavy atom. The standard InChI is InChI=1S/C31H44N6O7S2/c1-21-7-5-6-8-25(21)37-13-12-36(18-28(37)39)46(43,44)19-31-11-9-22(30(31,2)3)15-26(31)35-29(40)24(10-14-45(4,41)42)34-27(38)16-23-17-32-20-33-23/h5-8,17,20,22,24,26H,9-16,18-19H2,1-4H3,(H,32,33)(H,34,38)(H,35,40)/t22-,24-,26+,31-/m1/s1. The number of aryl methyl sites for hydroxylation is 1. The number of rotatable bonds is 12. The Morgan fingerprint density at radius 1 is 1.15 bits per heavy atom. The number of anilines is 1. The number of carbonyl (C=O) groups is 3. The van der Waals surface area contributed by atoms with Gasteiger partial charge in [0, 0.05) is 48.4 Å². The summed E-state index contributed by atoms with van der Waals surface area (Å²) >= 11 is 0. The first kappa shape index (κ1) is 34.0. The number of sulfone groups is 1. The zero-order valence-corrected chi connectivity index (χ0v) is 28.4. The SMILES string of the molecule is Cc1ccccc1N1CCN(S(=O)(=O)C[C@]23CC[C@H](C[C@@H]2NC(=O)[C@@H](CCS(C)(=O)=O)NC(=O)Cc2cnc[nH]2)C3(C)C)CC1=O. The van der Waals surface area contributed by atoms with E-state index < -0.39 is 54.6 Å². The summed E-state index contributed by atoms with van der Waals surface area (Å²) in [5.41, 5.74) is 0.989. The Hall–Kier alpha value is -3.30. The molecule has 15 heteroatoms. The van der Waals surface area contributed by atoms with Gasteiger partial charge in [0.05, 0.1) is 30.8 Å². The van der Waals surface area contributed by atoms with E-state index in [4.69, 9.17) is 0 Å². The number of sulfonamides is 1. The number of piperazine rings is 1. The third kappa shape index (κ3) is 6.86. The fraction of sp³-hybridized carbons (Fsp3) is 0.613. The van der Waals surface area contributed by atoms with Gasteiger partial charge in [0.1, 0.15) is 15.9 Å². The van der Waals surface area contributed by atoms with Crippen molar-refractivity contribution in [1.29, 1.82) is 0 Å². The zero-order valence-electron chi connectivity index (χ0n) is 26.8. The number of fused-ring (bicyclic) bond motifs is 2. The van der Waals surface area contributed by atoms with Crippen LogP contribution in [0.1, 0.15) is 50.8 Å². The number of amides is 3. The summed E-state index contributed by atoms with van der Waals surface area (Å²) in [6, 6.07) is 5.85. The van der Waals surface area contributed by atoms with Crippen LogP contribution in [0, 0.1) is 23.7 Å². The molecule has 2 saturated carbocycles. The van der Waals surface area contributed by atoms with E-state index in [0.29, 0.717) is 18.5 Å². The van der Waals surface area contributed by atoms with Crippen LogP contribution in [0.2, 0.25) is 0 Å². The van der Waals surface area contributed by atoms with E-state index in [1.165, 1.54) is 16.8 Å². The lowest BCUT2D eigenvalue weighted by Gasteiger charge is -2.44. The molecule has 13 nitrogen and oxygen atoms in total. The molecule has 5 rings (SSSR count). The number of imidazole rings is 1. The van der Waals surface area contributed by atoms with Gasteiger partial charge in [0.2, 0.25) is 27.7 Å². The molecule has 3 amide bonds. The molecule has 46 heavy (non-hydrogen) atoms. The molecule has 3 N–H and O–H groups in total. The monoisotopic (exact) mass is 676 g/mol. The van der Waals surface area contributed by atoms with Gasteiger partial charge in [0.25, 0.3) is 0 Å². The van der Waals surface area contributed by atoms with Crippen LogP contribution in [0.15, 0.2) is 36.8 Å². The Labute approximate surface area is 270 Å². The fourth-order valence-corrected chi connectivity index (χ4v) is 10.6. The summed E-state index contributed by atoms with van der Waals surface area (Å²) in [7, 11) is -7.35. The highest BCUT2D eigenvalue weighted by Crippen LogP contribution is 2.66. The number of hydrogen-bond donors (Lipinski definition) is 3. The molecular formula is C31H44N6O7S2. The van der Waals surface area contributed by atoms with Gasteiger partial charge in [-0.15, -0.1) is 0 Å². The number of benzene rings is 1. The molecule has 0 unspecified atom stereocenters.